The summed E-state index contributed by atoms with van der Waals surface area (Å²) in [4.78, 5) is 0. The van der Waals surface area contributed by atoms with Crippen molar-refractivity contribution in [3.63, 3.8) is 0 Å². The van der Waals surface area contributed by atoms with Crippen molar-refractivity contribution >= 4 is 0 Å². The summed E-state index contributed by atoms with van der Waals surface area (Å²) in [7, 11) is 0. The Balaban J connectivity index is 2.70. The van der Waals surface area contributed by atoms with Gasteiger partial charge < -0.3 is 4.74 Å². The number of alkyl halides is 3. The number of hydrogen-bond donors (Lipinski definition) is 0. The second-order valence-corrected chi connectivity index (χ2v) is 2.94. The Morgan fingerprint density at radius 1 is 1.27 bits per heavy atom. The minimum Gasteiger partial charge on any atom is -0.481 e. The lowest BCUT2D eigenvalue weighted by Gasteiger charge is -2.17. The summed E-state index contributed by atoms with van der Waals surface area (Å²) in [6, 6.07) is 7.33. The minimum atomic E-state index is -4.38. The van der Waals surface area contributed by atoms with E-state index in [0.717, 1.165) is 6.92 Å². The van der Waals surface area contributed by atoms with E-state index in [0.29, 0.717) is 5.56 Å². The molecule has 0 amide bonds. The molecule has 80 valence electrons. The maximum Gasteiger partial charge on any atom is 0.425 e. The zero-order valence-corrected chi connectivity index (χ0v) is 7.88. The molecule has 0 unspecified atom stereocenters. The van der Waals surface area contributed by atoms with E-state index < -0.39 is 12.3 Å². The number of benzene rings is 1. The van der Waals surface area contributed by atoms with Crippen LogP contribution in [0.3, 0.4) is 0 Å². The van der Waals surface area contributed by atoms with E-state index in [2.05, 4.69) is 4.74 Å². The van der Waals surface area contributed by atoms with Gasteiger partial charge in [-0.15, -0.1) is 0 Å². The smallest absolute Gasteiger partial charge is 0.425 e. The van der Waals surface area contributed by atoms with E-state index in [4.69, 9.17) is 5.26 Å². The van der Waals surface area contributed by atoms with E-state index >= 15 is 0 Å². The molecule has 1 aromatic rings. The van der Waals surface area contributed by atoms with Gasteiger partial charge in [-0.3, -0.25) is 0 Å². The monoisotopic (exact) mass is 215 g/mol. The summed E-state index contributed by atoms with van der Waals surface area (Å²) in [5.74, 6) is 0.0961. The Bertz CT molecular complexity index is 364. The van der Waals surface area contributed by atoms with Gasteiger partial charge >= 0.3 is 6.18 Å². The molecule has 15 heavy (non-hydrogen) atoms. The number of nitriles is 1. The van der Waals surface area contributed by atoms with Gasteiger partial charge in [0.05, 0.1) is 11.6 Å². The van der Waals surface area contributed by atoms with Gasteiger partial charge in [-0.2, -0.15) is 18.4 Å². The van der Waals surface area contributed by atoms with Crippen molar-refractivity contribution in [2.75, 3.05) is 0 Å². The summed E-state index contributed by atoms with van der Waals surface area (Å²) in [5.41, 5.74) is 0.377. The highest BCUT2D eigenvalue weighted by Gasteiger charge is 2.37. The van der Waals surface area contributed by atoms with Gasteiger partial charge in [0.25, 0.3) is 0 Å². The van der Waals surface area contributed by atoms with Crippen LogP contribution in [0.15, 0.2) is 24.3 Å². The lowest BCUT2D eigenvalue weighted by molar-refractivity contribution is -0.189. The first kappa shape index (κ1) is 11.4. The van der Waals surface area contributed by atoms with Gasteiger partial charge in [0.1, 0.15) is 5.75 Å². The zero-order valence-electron chi connectivity index (χ0n) is 7.88. The second-order valence-electron chi connectivity index (χ2n) is 2.94. The van der Waals surface area contributed by atoms with Crippen LogP contribution in [0, 0.1) is 11.3 Å². The molecule has 0 spiro atoms. The molecule has 0 fully saturated rings. The molecule has 0 aromatic heterocycles. The van der Waals surface area contributed by atoms with Crippen molar-refractivity contribution in [2.24, 2.45) is 0 Å². The molecular weight excluding hydrogens is 207 g/mol. The van der Waals surface area contributed by atoms with Crippen LogP contribution in [0.5, 0.6) is 5.75 Å². The lowest BCUT2D eigenvalue weighted by atomic mass is 10.2. The van der Waals surface area contributed by atoms with E-state index in [1.165, 1.54) is 24.3 Å². The summed E-state index contributed by atoms with van der Waals surface area (Å²) < 4.78 is 41.0. The number of ether oxygens (including phenoxy) is 1. The van der Waals surface area contributed by atoms with E-state index in [1.807, 2.05) is 6.07 Å². The van der Waals surface area contributed by atoms with Crippen LogP contribution in [0.4, 0.5) is 13.2 Å². The molecule has 1 atom stereocenters. The maximum absolute atomic E-state index is 12.1. The summed E-state index contributed by atoms with van der Waals surface area (Å²) >= 11 is 0. The fourth-order valence-electron chi connectivity index (χ4n) is 0.879. The minimum absolute atomic E-state index is 0.0961. The molecule has 0 aliphatic rings. The molecule has 0 N–H and O–H groups in total. The van der Waals surface area contributed by atoms with Crippen molar-refractivity contribution in [3.05, 3.63) is 29.8 Å². The van der Waals surface area contributed by atoms with Crippen molar-refractivity contribution in [3.8, 4) is 11.8 Å². The van der Waals surface area contributed by atoms with Crippen molar-refractivity contribution in [2.45, 2.75) is 19.2 Å². The number of hydrogen-bond acceptors (Lipinski definition) is 2. The second kappa shape index (κ2) is 4.22. The van der Waals surface area contributed by atoms with Crippen molar-refractivity contribution < 1.29 is 17.9 Å². The fraction of sp³-hybridized carbons (Fsp3) is 0.300. The van der Waals surface area contributed by atoms with Gasteiger partial charge in [0.15, 0.2) is 6.10 Å². The normalized spacial score (nSPS) is 13.0. The number of rotatable bonds is 2. The molecule has 5 heteroatoms. The standard InChI is InChI=1S/C10H8F3NO/c1-7(10(11,12)13)15-9-4-2-8(6-14)3-5-9/h2-5,7H,1H3/t7-/m1/s1. The van der Waals surface area contributed by atoms with Crippen LogP contribution in [-0.4, -0.2) is 12.3 Å². The highest BCUT2D eigenvalue weighted by molar-refractivity contribution is 5.34. The third-order valence-electron chi connectivity index (χ3n) is 1.76. The van der Waals surface area contributed by atoms with Crippen LogP contribution in [0.25, 0.3) is 0 Å². The van der Waals surface area contributed by atoms with Crippen molar-refractivity contribution in [1.29, 1.82) is 5.26 Å². The molecule has 0 saturated heterocycles. The van der Waals surface area contributed by atoms with Gasteiger partial charge in [-0.05, 0) is 31.2 Å². The Morgan fingerprint density at radius 3 is 2.20 bits per heavy atom. The van der Waals surface area contributed by atoms with E-state index in [-0.39, 0.29) is 5.75 Å². The van der Waals surface area contributed by atoms with Gasteiger partial charge in [0, 0.05) is 0 Å². The fourth-order valence-corrected chi connectivity index (χ4v) is 0.879. The zero-order chi connectivity index (χ0) is 11.5. The average molecular weight is 215 g/mol. The molecule has 1 aromatic carbocycles. The Kier molecular flexibility index (Phi) is 3.20. The van der Waals surface area contributed by atoms with Gasteiger partial charge in [-0.25, -0.2) is 0 Å². The van der Waals surface area contributed by atoms with Crippen molar-refractivity contribution in [1.82, 2.24) is 0 Å². The van der Waals surface area contributed by atoms with E-state index in [1.54, 1.807) is 0 Å². The highest BCUT2D eigenvalue weighted by Crippen LogP contribution is 2.24. The maximum atomic E-state index is 12.1. The highest BCUT2D eigenvalue weighted by atomic mass is 19.4. The predicted molar refractivity (Wildman–Crippen MR) is 47.3 cm³/mol. The quantitative estimate of drug-likeness (QED) is 0.759. The molecular formula is C10H8F3NO. The lowest BCUT2D eigenvalue weighted by Crippen LogP contribution is -2.31. The Labute approximate surface area is 84.9 Å². The average Bonchev–Trinajstić information content (AvgIpc) is 2.17. The first-order valence-electron chi connectivity index (χ1n) is 4.17. The first-order chi connectivity index (χ1) is 6.93. The van der Waals surface area contributed by atoms with Crippen LogP contribution in [0.2, 0.25) is 0 Å². The largest absolute Gasteiger partial charge is 0.481 e. The van der Waals surface area contributed by atoms with Crippen LogP contribution in [-0.2, 0) is 0 Å². The number of halogens is 3. The van der Waals surface area contributed by atoms with Gasteiger partial charge in [0.2, 0.25) is 0 Å². The van der Waals surface area contributed by atoms with E-state index in [9.17, 15) is 13.2 Å². The number of nitrogens with zero attached hydrogens (tertiary/aromatic N) is 1. The molecule has 0 saturated carbocycles. The van der Waals surface area contributed by atoms with Crippen LogP contribution >= 0.6 is 0 Å². The Morgan fingerprint density at radius 2 is 1.80 bits per heavy atom. The third-order valence-corrected chi connectivity index (χ3v) is 1.76. The molecule has 0 bridgehead atoms. The third kappa shape index (κ3) is 3.17. The molecule has 0 radical (unpaired) electrons. The summed E-state index contributed by atoms with van der Waals surface area (Å²) in [6.45, 7) is 0.929. The molecule has 0 aliphatic heterocycles. The molecule has 1 rings (SSSR count). The molecule has 2 nitrogen and oxygen atoms in total. The summed E-state index contributed by atoms with van der Waals surface area (Å²) in [6.07, 6.45) is -6.24. The summed E-state index contributed by atoms with van der Waals surface area (Å²) in [5, 5.41) is 8.47. The predicted octanol–water partition coefficient (Wildman–Crippen LogP) is 2.89. The molecule has 0 heterocycles. The van der Waals surface area contributed by atoms with Crippen LogP contribution < -0.4 is 4.74 Å². The SMILES string of the molecule is C[C@@H](Oc1ccc(C#N)cc1)C(F)(F)F. The van der Waals surface area contributed by atoms with Crippen LogP contribution in [0.1, 0.15) is 12.5 Å². The first-order valence-corrected chi connectivity index (χ1v) is 4.17. The molecule has 0 aliphatic carbocycles. The Hall–Kier alpha value is -1.70. The topological polar surface area (TPSA) is 33.0 Å². The van der Waals surface area contributed by atoms with Gasteiger partial charge in [-0.1, -0.05) is 0 Å².